The molecule has 0 aromatic rings. The van der Waals surface area contributed by atoms with Crippen LogP contribution >= 0.6 is 0 Å². The Kier molecular flexibility index (Phi) is 8.66. The number of β-amino-alcohol motifs (C(OH)–C–C–N with tert-alkyl or cyclic N) is 2. The minimum absolute atomic E-state index is 0.255. The second-order valence-corrected chi connectivity index (χ2v) is 6.42. The summed E-state index contributed by atoms with van der Waals surface area (Å²) in [6, 6.07) is 0. The minimum Gasteiger partial charge on any atom is -0.392 e. The predicted molar refractivity (Wildman–Crippen MR) is 85.0 cm³/mol. The highest BCUT2D eigenvalue weighted by Gasteiger charge is 2.16. The molecule has 0 spiro atoms. The quantitative estimate of drug-likeness (QED) is 0.581. The first kappa shape index (κ1) is 18.1. The van der Waals surface area contributed by atoms with Crippen LogP contribution in [0.1, 0.15) is 25.7 Å². The molecule has 130 valence electrons. The molecule has 0 bridgehead atoms. The van der Waals surface area contributed by atoms with Gasteiger partial charge in [0.1, 0.15) is 0 Å². The summed E-state index contributed by atoms with van der Waals surface area (Å²) < 4.78 is 10.6. The average molecular weight is 316 g/mol. The van der Waals surface area contributed by atoms with Gasteiger partial charge in [0.25, 0.3) is 0 Å². The zero-order valence-electron chi connectivity index (χ0n) is 13.7. The van der Waals surface area contributed by atoms with Crippen LogP contribution in [0.25, 0.3) is 0 Å². The Hall–Kier alpha value is -0.240. The molecular formula is C16H32N2O4. The third-order valence-corrected chi connectivity index (χ3v) is 4.47. The topological polar surface area (TPSA) is 65.4 Å². The van der Waals surface area contributed by atoms with Crippen molar-refractivity contribution in [3.05, 3.63) is 0 Å². The van der Waals surface area contributed by atoms with Crippen LogP contribution in [0.4, 0.5) is 0 Å². The van der Waals surface area contributed by atoms with Crippen LogP contribution in [-0.2, 0) is 9.47 Å². The summed E-state index contributed by atoms with van der Waals surface area (Å²) in [5.41, 5.74) is 0. The van der Waals surface area contributed by atoms with Gasteiger partial charge in [-0.3, -0.25) is 9.80 Å². The molecule has 2 heterocycles. The summed E-state index contributed by atoms with van der Waals surface area (Å²) in [5, 5.41) is 20.1. The summed E-state index contributed by atoms with van der Waals surface area (Å²) >= 11 is 0. The summed E-state index contributed by atoms with van der Waals surface area (Å²) in [6.07, 6.45) is 3.09. The lowest BCUT2D eigenvalue weighted by Gasteiger charge is -2.29. The number of hydrogen-bond donors (Lipinski definition) is 2. The number of aliphatic hydroxyl groups excluding tert-OH is 2. The molecule has 2 rings (SSSR count). The van der Waals surface area contributed by atoms with Crippen molar-refractivity contribution in [2.75, 3.05) is 65.7 Å². The van der Waals surface area contributed by atoms with Crippen molar-refractivity contribution in [3.8, 4) is 0 Å². The number of rotatable bonds is 9. The van der Waals surface area contributed by atoms with E-state index in [0.29, 0.717) is 0 Å². The number of nitrogens with zero attached hydrogens (tertiary/aromatic N) is 2. The molecule has 2 unspecified atom stereocenters. The van der Waals surface area contributed by atoms with E-state index in [2.05, 4.69) is 9.80 Å². The van der Waals surface area contributed by atoms with Crippen LogP contribution in [0.2, 0.25) is 0 Å². The molecule has 0 aromatic heterocycles. The van der Waals surface area contributed by atoms with Crippen molar-refractivity contribution < 1.29 is 19.7 Å². The zero-order chi connectivity index (χ0) is 15.6. The summed E-state index contributed by atoms with van der Waals surface area (Å²) in [4.78, 5) is 4.53. The fourth-order valence-corrected chi connectivity index (χ4v) is 3.11. The van der Waals surface area contributed by atoms with Crippen LogP contribution in [0.5, 0.6) is 0 Å². The molecule has 2 saturated heterocycles. The molecule has 22 heavy (non-hydrogen) atoms. The third kappa shape index (κ3) is 7.35. The first-order valence-corrected chi connectivity index (χ1v) is 8.70. The largest absolute Gasteiger partial charge is 0.392 e. The van der Waals surface area contributed by atoms with Crippen molar-refractivity contribution in [2.24, 2.45) is 0 Å². The lowest BCUT2D eigenvalue weighted by atomic mass is 10.1. The number of ether oxygens (including phenoxy) is 2. The Balaban J connectivity index is 1.46. The van der Waals surface area contributed by atoms with Crippen molar-refractivity contribution in [2.45, 2.75) is 37.9 Å². The summed E-state index contributed by atoms with van der Waals surface area (Å²) in [7, 11) is 0. The molecule has 6 nitrogen and oxygen atoms in total. The highest BCUT2D eigenvalue weighted by atomic mass is 16.5. The Bertz CT molecular complexity index is 253. The lowest BCUT2D eigenvalue weighted by Crippen LogP contribution is -2.41. The standard InChI is InChI=1S/C16H32N2O4/c19-15(13-17-5-9-21-10-6-17)3-1-2-4-16(20)14-18-7-11-22-12-8-18/h15-16,19-20H,1-14H2. The summed E-state index contributed by atoms with van der Waals surface area (Å²) in [6.45, 7) is 8.32. The van der Waals surface area contributed by atoms with Crippen molar-refractivity contribution >= 4 is 0 Å². The van der Waals surface area contributed by atoms with E-state index >= 15 is 0 Å². The smallest absolute Gasteiger partial charge is 0.0667 e. The van der Waals surface area contributed by atoms with Crippen LogP contribution in [0.15, 0.2) is 0 Å². The minimum atomic E-state index is -0.255. The first-order chi connectivity index (χ1) is 10.7. The maximum atomic E-state index is 10.1. The highest BCUT2D eigenvalue weighted by molar-refractivity contribution is 4.70. The van der Waals surface area contributed by atoms with Gasteiger partial charge in [-0.25, -0.2) is 0 Å². The first-order valence-electron chi connectivity index (χ1n) is 8.70. The van der Waals surface area contributed by atoms with E-state index in [1.165, 1.54) is 0 Å². The van der Waals surface area contributed by atoms with Crippen LogP contribution in [0, 0.1) is 0 Å². The molecule has 6 heteroatoms. The van der Waals surface area contributed by atoms with E-state index < -0.39 is 0 Å². The molecule has 2 aliphatic heterocycles. The SMILES string of the molecule is OC(CCCCC(O)CN1CCOCC1)CN1CCOCC1. The molecule has 0 aromatic carbocycles. The number of unbranched alkanes of at least 4 members (excludes halogenated alkanes) is 1. The fraction of sp³-hybridized carbons (Fsp3) is 1.00. The van der Waals surface area contributed by atoms with E-state index in [4.69, 9.17) is 9.47 Å². The van der Waals surface area contributed by atoms with Gasteiger partial charge in [-0.15, -0.1) is 0 Å². The number of aliphatic hydroxyl groups is 2. The lowest BCUT2D eigenvalue weighted by molar-refractivity contribution is 0.00968. The maximum absolute atomic E-state index is 10.1. The van der Waals surface area contributed by atoms with E-state index in [-0.39, 0.29) is 12.2 Å². The Morgan fingerprint density at radius 2 is 1.05 bits per heavy atom. The molecular weight excluding hydrogens is 284 g/mol. The van der Waals surface area contributed by atoms with E-state index in [1.54, 1.807) is 0 Å². The fourth-order valence-electron chi connectivity index (χ4n) is 3.11. The van der Waals surface area contributed by atoms with Gasteiger partial charge in [0.15, 0.2) is 0 Å². The number of hydrogen-bond acceptors (Lipinski definition) is 6. The molecule has 2 atom stereocenters. The van der Waals surface area contributed by atoms with Gasteiger partial charge in [0.2, 0.25) is 0 Å². The molecule has 0 radical (unpaired) electrons. The Labute approximate surface area is 134 Å². The maximum Gasteiger partial charge on any atom is 0.0667 e. The molecule has 0 amide bonds. The van der Waals surface area contributed by atoms with E-state index in [9.17, 15) is 10.2 Å². The van der Waals surface area contributed by atoms with Gasteiger partial charge in [-0.2, -0.15) is 0 Å². The second kappa shape index (κ2) is 10.5. The Morgan fingerprint density at radius 3 is 1.41 bits per heavy atom. The van der Waals surface area contributed by atoms with Crippen LogP contribution < -0.4 is 0 Å². The molecule has 2 fully saturated rings. The number of morpholine rings is 2. The predicted octanol–water partition coefficient (Wildman–Crippen LogP) is -0.0670. The highest BCUT2D eigenvalue weighted by Crippen LogP contribution is 2.10. The second-order valence-electron chi connectivity index (χ2n) is 6.42. The van der Waals surface area contributed by atoms with Crippen molar-refractivity contribution in [1.29, 1.82) is 0 Å². The Morgan fingerprint density at radius 1 is 0.682 bits per heavy atom. The van der Waals surface area contributed by atoms with Gasteiger partial charge in [0, 0.05) is 39.3 Å². The van der Waals surface area contributed by atoms with Crippen molar-refractivity contribution in [1.82, 2.24) is 9.80 Å². The zero-order valence-corrected chi connectivity index (χ0v) is 13.7. The molecule has 2 N–H and O–H groups in total. The van der Waals surface area contributed by atoms with Gasteiger partial charge in [-0.05, 0) is 12.8 Å². The van der Waals surface area contributed by atoms with E-state index in [0.717, 1.165) is 91.4 Å². The van der Waals surface area contributed by atoms with Gasteiger partial charge in [-0.1, -0.05) is 12.8 Å². The third-order valence-electron chi connectivity index (χ3n) is 4.47. The van der Waals surface area contributed by atoms with Gasteiger partial charge >= 0.3 is 0 Å². The average Bonchev–Trinajstić information content (AvgIpc) is 2.53. The normalized spacial score (nSPS) is 24.3. The van der Waals surface area contributed by atoms with Gasteiger partial charge in [0.05, 0.1) is 38.6 Å². The van der Waals surface area contributed by atoms with Crippen LogP contribution in [0.3, 0.4) is 0 Å². The summed E-state index contributed by atoms with van der Waals surface area (Å²) in [5.74, 6) is 0. The van der Waals surface area contributed by atoms with Gasteiger partial charge < -0.3 is 19.7 Å². The molecule has 0 saturated carbocycles. The molecule has 2 aliphatic rings. The van der Waals surface area contributed by atoms with E-state index in [1.807, 2.05) is 0 Å². The van der Waals surface area contributed by atoms with Crippen molar-refractivity contribution in [3.63, 3.8) is 0 Å². The van der Waals surface area contributed by atoms with Crippen LogP contribution in [-0.4, -0.2) is 97.9 Å². The monoisotopic (exact) mass is 316 g/mol. The molecule has 0 aliphatic carbocycles.